The van der Waals surface area contributed by atoms with Gasteiger partial charge in [0.25, 0.3) is 0 Å². The number of amides is 1. The van der Waals surface area contributed by atoms with Crippen molar-refractivity contribution in [1.29, 1.82) is 0 Å². The molecule has 3 aliphatic rings. The van der Waals surface area contributed by atoms with Crippen LogP contribution in [0.15, 0.2) is 42.6 Å². The summed E-state index contributed by atoms with van der Waals surface area (Å²) in [6.45, 7) is 5.06. The fourth-order valence-corrected chi connectivity index (χ4v) is 5.75. The van der Waals surface area contributed by atoms with Crippen molar-refractivity contribution in [3.63, 3.8) is 0 Å². The second kappa shape index (κ2) is 13.2. The second-order valence-electron chi connectivity index (χ2n) is 10.5. The average molecular weight is 508 g/mol. The van der Waals surface area contributed by atoms with Crippen molar-refractivity contribution >= 4 is 5.91 Å². The molecule has 1 unspecified atom stereocenters. The molecule has 1 aromatic heterocycles. The Labute approximate surface area is 221 Å². The molecule has 37 heavy (non-hydrogen) atoms. The lowest BCUT2D eigenvalue weighted by Gasteiger charge is -2.39. The summed E-state index contributed by atoms with van der Waals surface area (Å²) < 4.78 is 18.1. The van der Waals surface area contributed by atoms with E-state index >= 15 is 0 Å². The van der Waals surface area contributed by atoms with Gasteiger partial charge in [-0.05, 0) is 69.7 Å². The molecular formula is C30H41N3O4. The number of piperidine rings is 1. The number of aromatic nitrogens is 1. The zero-order chi connectivity index (χ0) is 25.3. The summed E-state index contributed by atoms with van der Waals surface area (Å²) in [5.41, 5.74) is 1.09. The Morgan fingerprint density at radius 1 is 0.892 bits per heavy atom. The predicted octanol–water partition coefficient (Wildman–Crippen LogP) is 5.58. The summed E-state index contributed by atoms with van der Waals surface area (Å²) in [5.74, 6) is 2.41. The first-order chi connectivity index (χ1) is 18.3. The van der Waals surface area contributed by atoms with E-state index < -0.39 is 0 Å². The molecular weight excluding hydrogens is 466 g/mol. The van der Waals surface area contributed by atoms with Crippen LogP contribution >= 0.6 is 0 Å². The van der Waals surface area contributed by atoms with Crippen LogP contribution in [-0.2, 0) is 16.1 Å². The molecule has 0 N–H and O–H groups in total. The summed E-state index contributed by atoms with van der Waals surface area (Å²) in [6, 6.07) is 12.4. The Balaban J connectivity index is 1.24. The molecule has 1 atom stereocenters. The van der Waals surface area contributed by atoms with Gasteiger partial charge in [-0.1, -0.05) is 31.0 Å². The van der Waals surface area contributed by atoms with Crippen LogP contribution in [0.5, 0.6) is 17.4 Å². The number of rotatable bonds is 4. The van der Waals surface area contributed by atoms with Crippen LogP contribution in [0, 0.1) is 0 Å². The number of hydrogen-bond acceptors (Lipinski definition) is 6. The summed E-state index contributed by atoms with van der Waals surface area (Å²) in [6.07, 6.45) is 12.4. The van der Waals surface area contributed by atoms with Gasteiger partial charge in [0.15, 0.2) is 11.5 Å². The third-order valence-corrected chi connectivity index (χ3v) is 7.91. The molecule has 2 aromatic rings. The molecule has 200 valence electrons. The summed E-state index contributed by atoms with van der Waals surface area (Å²) in [5, 5.41) is 0. The largest absolute Gasteiger partial charge is 0.490 e. The van der Waals surface area contributed by atoms with Gasteiger partial charge in [0.2, 0.25) is 11.8 Å². The number of nitrogens with zero attached hydrogens (tertiary/aromatic N) is 3. The number of likely N-dealkylation sites (tertiary alicyclic amines) is 1. The van der Waals surface area contributed by atoms with E-state index in [0.717, 1.165) is 95.5 Å². The Hall–Kier alpha value is -2.64. The van der Waals surface area contributed by atoms with Crippen molar-refractivity contribution in [2.24, 2.45) is 0 Å². The predicted molar refractivity (Wildman–Crippen MR) is 143 cm³/mol. The molecule has 7 nitrogen and oxygen atoms in total. The number of ether oxygens (including phenoxy) is 3. The molecule has 0 saturated carbocycles. The minimum atomic E-state index is 0.284. The summed E-state index contributed by atoms with van der Waals surface area (Å²) in [7, 11) is 0. The minimum Gasteiger partial charge on any atom is -0.490 e. The van der Waals surface area contributed by atoms with Gasteiger partial charge in [0.1, 0.15) is 0 Å². The second-order valence-corrected chi connectivity index (χ2v) is 10.5. The lowest BCUT2D eigenvalue weighted by molar-refractivity contribution is -0.133. The number of para-hydroxylation sites is 2. The first-order valence-corrected chi connectivity index (χ1v) is 14.2. The van der Waals surface area contributed by atoms with Crippen LogP contribution < -0.4 is 9.47 Å². The van der Waals surface area contributed by atoms with Gasteiger partial charge >= 0.3 is 0 Å². The Morgan fingerprint density at radius 3 is 2.57 bits per heavy atom. The standard InChI is InChI=1S/C30H41N3O4/c34-29(14-13-26-10-8-22-35-26)32-19-15-25(16-20-32)33-18-5-1-2-6-21-36-27-11-3-4-12-28(27)37-30-24(23-33)9-7-17-31-30/h3-4,7,9,11-12,17,25-26H,1-2,5-6,8,10,13-16,18-23H2. The van der Waals surface area contributed by atoms with Gasteiger partial charge in [-0.15, -0.1) is 0 Å². The molecule has 1 amide bonds. The maximum absolute atomic E-state index is 12.8. The van der Waals surface area contributed by atoms with E-state index in [2.05, 4.69) is 20.9 Å². The molecule has 0 spiro atoms. The highest BCUT2D eigenvalue weighted by Crippen LogP contribution is 2.33. The molecule has 2 fully saturated rings. The fourth-order valence-electron chi connectivity index (χ4n) is 5.75. The van der Waals surface area contributed by atoms with Crippen molar-refractivity contribution in [3.8, 4) is 17.4 Å². The Kier molecular flexibility index (Phi) is 9.30. The maximum Gasteiger partial charge on any atom is 0.223 e. The van der Waals surface area contributed by atoms with E-state index in [1.165, 1.54) is 6.42 Å². The normalized spacial score (nSPS) is 22.3. The van der Waals surface area contributed by atoms with Gasteiger partial charge in [-0.3, -0.25) is 9.69 Å². The van der Waals surface area contributed by atoms with Gasteiger partial charge in [-0.2, -0.15) is 0 Å². The molecule has 4 heterocycles. The van der Waals surface area contributed by atoms with E-state index in [1.54, 1.807) is 6.20 Å². The number of hydrogen-bond donors (Lipinski definition) is 0. The molecule has 5 rings (SSSR count). The van der Waals surface area contributed by atoms with Crippen molar-refractivity contribution in [2.75, 3.05) is 32.8 Å². The molecule has 0 aliphatic carbocycles. The molecule has 3 aliphatic heterocycles. The fraction of sp³-hybridized carbons (Fsp3) is 0.600. The highest BCUT2D eigenvalue weighted by atomic mass is 16.5. The lowest BCUT2D eigenvalue weighted by atomic mass is 10.0. The average Bonchev–Trinajstić information content (AvgIpc) is 3.46. The number of fused-ring (bicyclic) bond motifs is 2. The number of pyridine rings is 1. The first-order valence-electron chi connectivity index (χ1n) is 14.2. The Bertz CT molecular complexity index is 1000. The van der Waals surface area contributed by atoms with Crippen LogP contribution in [0.4, 0.5) is 0 Å². The molecule has 0 bridgehead atoms. The number of benzene rings is 1. The first kappa shape index (κ1) is 26.0. The van der Waals surface area contributed by atoms with Gasteiger partial charge in [0, 0.05) is 50.5 Å². The van der Waals surface area contributed by atoms with E-state index in [0.29, 0.717) is 36.6 Å². The van der Waals surface area contributed by atoms with E-state index in [9.17, 15) is 4.79 Å². The topological polar surface area (TPSA) is 64.1 Å². The van der Waals surface area contributed by atoms with Crippen LogP contribution in [-0.4, -0.2) is 65.7 Å². The van der Waals surface area contributed by atoms with Crippen LogP contribution in [0.25, 0.3) is 0 Å². The highest BCUT2D eigenvalue weighted by molar-refractivity contribution is 5.76. The quantitative estimate of drug-likeness (QED) is 0.538. The van der Waals surface area contributed by atoms with Gasteiger partial charge in [0.05, 0.1) is 12.7 Å². The highest BCUT2D eigenvalue weighted by Gasteiger charge is 2.28. The zero-order valence-electron chi connectivity index (χ0n) is 22.0. The van der Waals surface area contributed by atoms with E-state index in [1.807, 2.05) is 30.3 Å². The van der Waals surface area contributed by atoms with Crippen molar-refractivity contribution in [3.05, 3.63) is 48.2 Å². The smallest absolute Gasteiger partial charge is 0.223 e. The zero-order valence-corrected chi connectivity index (χ0v) is 22.0. The number of carbonyl (C=O) groups is 1. The van der Waals surface area contributed by atoms with E-state index in [4.69, 9.17) is 14.2 Å². The SMILES string of the molecule is O=C(CCC1CCCO1)N1CCC(N2CCCCCCOc3ccccc3Oc3ncccc3C2)CC1. The van der Waals surface area contributed by atoms with Crippen molar-refractivity contribution in [1.82, 2.24) is 14.8 Å². The van der Waals surface area contributed by atoms with Crippen LogP contribution in [0.2, 0.25) is 0 Å². The van der Waals surface area contributed by atoms with Crippen LogP contribution in [0.1, 0.15) is 69.8 Å². The summed E-state index contributed by atoms with van der Waals surface area (Å²) in [4.78, 5) is 22.1. The van der Waals surface area contributed by atoms with Crippen molar-refractivity contribution < 1.29 is 19.0 Å². The monoisotopic (exact) mass is 507 g/mol. The molecule has 0 radical (unpaired) electrons. The molecule has 1 aromatic carbocycles. The summed E-state index contributed by atoms with van der Waals surface area (Å²) >= 11 is 0. The van der Waals surface area contributed by atoms with E-state index in [-0.39, 0.29) is 6.10 Å². The third-order valence-electron chi connectivity index (χ3n) is 7.91. The minimum absolute atomic E-state index is 0.284. The van der Waals surface area contributed by atoms with Crippen molar-refractivity contribution in [2.45, 2.75) is 82.9 Å². The third kappa shape index (κ3) is 7.23. The van der Waals surface area contributed by atoms with Gasteiger partial charge in [-0.25, -0.2) is 4.98 Å². The number of carbonyl (C=O) groups excluding carboxylic acids is 1. The molecule has 7 heteroatoms. The maximum atomic E-state index is 12.8. The van der Waals surface area contributed by atoms with Gasteiger partial charge < -0.3 is 19.1 Å². The van der Waals surface area contributed by atoms with Crippen LogP contribution in [0.3, 0.4) is 0 Å². The molecule has 2 saturated heterocycles. The lowest BCUT2D eigenvalue weighted by Crippen LogP contribution is -2.47. The Morgan fingerprint density at radius 2 is 1.73 bits per heavy atom.